The Morgan fingerprint density at radius 2 is 1.95 bits per heavy atom. The summed E-state index contributed by atoms with van der Waals surface area (Å²) in [7, 11) is 1.72. The van der Waals surface area contributed by atoms with Crippen LogP contribution >= 0.6 is 0 Å². The minimum absolute atomic E-state index is 0.102. The molecule has 1 amide bonds. The number of carbonyl (C=O) groups excluding carboxylic acids is 1. The van der Waals surface area contributed by atoms with E-state index in [1.54, 1.807) is 7.11 Å². The van der Waals surface area contributed by atoms with Crippen molar-refractivity contribution in [2.45, 2.75) is 52.0 Å². The van der Waals surface area contributed by atoms with Gasteiger partial charge in [0, 0.05) is 32.2 Å². The summed E-state index contributed by atoms with van der Waals surface area (Å²) in [4.78, 5) is 12.2. The second-order valence-corrected chi connectivity index (χ2v) is 6.04. The van der Waals surface area contributed by atoms with E-state index in [-0.39, 0.29) is 17.9 Å². The Hall–Kier alpha value is -0.610. The lowest BCUT2D eigenvalue weighted by atomic mass is 9.72. The fourth-order valence-electron chi connectivity index (χ4n) is 2.94. The van der Waals surface area contributed by atoms with Gasteiger partial charge in [-0.05, 0) is 43.9 Å². The molecule has 0 saturated heterocycles. The van der Waals surface area contributed by atoms with E-state index in [0.29, 0.717) is 11.8 Å². The Morgan fingerprint density at radius 3 is 2.63 bits per heavy atom. The quantitative estimate of drug-likeness (QED) is 0.695. The van der Waals surface area contributed by atoms with Crippen LogP contribution in [0.3, 0.4) is 0 Å². The molecule has 0 aromatic rings. The molecule has 1 aliphatic rings. The molecular formula is C15H30N2O2. The van der Waals surface area contributed by atoms with Gasteiger partial charge in [0.1, 0.15) is 0 Å². The zero-order valence-corrected chi connectivity index (χ0v) is 12.7. The number of rotatable bonds is 7. The molecule has 0 radical (unpaired) electrons. The van der Waals surface area contributed by atoms with E-state index in [9.17, 15) is 4.79 Å². The smallest absolute Gasteiger partial charge is 0.223 e. The van der Waals surface area contributed by atoms with Crippen molar-refractivity contribution in [2.75, 3.05) is 20.3 Å². The highest BCUT2D eigenvalue weighted by atomic mass is 16.5. The van der Waals surface area contributed by atoms with Gasteiger partial charge in [0.05, 0.1) is 0 Å². The lowest BCUT2D eigenvalue weighted by molar-refractivity contribution is -0.128. The average Bonchev–Trinajstić information content (AvgIpc) is 2.37. The van der Waals surface area contributed by atoms with E-state index in [1.807, 2.05) is 0 Å². The summed E-state index contributed by atoms with van der Waals surface area (Å²) in [5, 5.41) is 3.06. The van der Waals surface area contributed by atoms with E-state index in [4.69, 9.17) is 10.5 Å². The van der Waals surface area contributed by atoms with Gasteiger partial charge in [-0.1, -0.05) is 13.8 Å². The van der Waals surface area contributed by atoms with E-state index >= 15 is 0 Å². The number of amides is 1. The van der Waals surface area contributed by atoms with Crippen LogP contribution in [0.5, 0.6) is 0 Å². The van der Waals surface area contributed by atoms with Crippen molar-refractivity contribution >= 4 is 5.91 Å². The van der Waals surface area contributed by atoms with Crippen LogP contribution in [0.25, 0.3) is 0 Å². The van der Waals surface area contributed by atoms with Gasteiger partial charge in [-0.2, -0.15) is 0 Å². The number of nitrogens with one attached hydrogen (secondary N) is 1. The lowest BCUT2D eigenvalue weighted by Gasteiger charge is -2.36. The summed E-state index contributed by atoms with van der Waals surface area (Å²) in [6.07, 6.45) is 5.09. The summed E-state index contributed by atoms with van der Waals surface area (Å²) in [5.74, 6) is 1.28. The van der Waals surface area contributed by atoms with Gasteiger partial charge < -0.3 is 15.8 Å². The summed E-state index contributed by atoms with van der Waals surface area (Å²) in [6, 6.07) is 0.175. The van der Waals surface area contributed by atoms with Gasteiger partial charge in [-0.15, -0.1) is 0 Å². The highest BCUT2D eigenvalue weighted by Crippen LogP contribution is 2.32. The molecule has 0 heterocycles. The van der Waals surface area contributed by atoms with Gasteiger partial charge in [-0.3, -0.25) is 4.79 Å². The van der Waals surface area contributed by atoms with Crippen LogP contribution in [0.1, 0.15) is 46.0 Å². The summed E-state index contributed by atoms with van der Waals surface area (Å²) >= 11 is 0. The maximum atomic E-state index is 12.2. The minimum Gasteiger partial charge on any atom is -0.385 e. The molecule has 1 fully saturated rings. The van der Waals surface area contributed by atoms with Gasteiger partial charge in [-0.25, -0.2) is 0 Å². The number of unbranched alkanes of at least 4 members (excludes halogenated alkanes) is 2. The van der Waals surface area contributed by atoms with Gasteiger partial charge in [0.25, 0.3) is 0 Å². The van der Waals surface area contributed by atoms with Crippen molar-refractivity contribution < 1.29 is 9.53 Å². The Balaban J connectivity index is 2.21. The number of carbonyl (C=O) groups is 1. The molecule has 4 unspecified atom stereocenters. The predicted octanol–water partition coefficient (Wildman–Crippen LogP) is 1.93. The normalized spacial score (nSPS) is 31.2. The molecule has 1 aliphatic carbocycles. The molecule has 0 aromatic carbocycles. The minimum atomic E-state index is 0.102. The SMILES string of the molecule is COCCCCCNC(=O)C1CC(N)C(C)CC1C. The van der Waals surface area contributed by atoms with Crippen LogP contribution in [0.15, 0.2) is 0 Å². The monoisotopic (exact) mass is 270 g/mol. The molecule has 4 nitrogen and oxygen atoms in total. The number of hydrogen-bond donors (Lipinski definition) is 2. The lowest BCUT2D eigenvalue weighted by Crippen LogP contribution is -2.45. The van der Waals surface area contributed by atoms with Crippen molar-refractivity contribution in [1.29, 1.82) is 0 Å². The first-order valence-corrected chi connectivity index (χ1v) is 7.58. The Kier molecular flexibility index (Phi) is 7.39. The Morgan fingerprint density at radius 1 is 1.21 bits per heavy atom. The Bertz CT molecular complexity index is 271. The van der Waals surface area contributed by atoms with E-state index in [2.05, 4.69) is 19.2 Å². The van der Waals surface area contributed by atoms with Crippen molar-refractivity contribution in [3.8, 4) is 0 Å². The molecule has 3 N–H and O–H groups in total. The predicted molar refractivity (Wildman–Crippen MR) is 77.8 cm³/mol. The van der Waals surface area contributed by atoms with E-state index in [1.165, 1.54) is 0 Å². The maximum Gasteiger partial charge on any atom is 0.223 e. The van der Waals surface area contributed by atoms with Crippen LogP contribution in [-0.2, 0) is 9.53 Å². The van der Waals surface area contributed by atoms with Crippen molar-refractivity contribution in [3.63, 3.8) is 0 Å². The fraction of sp³-hybridized carbons (Fsp3) is 0.933. The van der Waals surface area contributed by atoms with Gasteiger partial charge in [0.2, 0.25) is 5.91 Å². The fourth-order valence-corrected chi connectivity index (χ4v) is 2.94. The second kappa shape index (κ2) is 8.54. The zero-order valence-electron chi connectivity index (χ0n) is 12.7. The average molecular weight is 270 g/mol. The van der Waals surface area contributed by atoms with Crippen molar-refractivity contribution in [3.05, 3.63) is 0 Å². The number of methoxy groups -OCH3 is 1. The molecule has 4 heteroatoms. The van der Waals surface area contributed by atoms with Gasteiger partial charge in [0.15, 0.2) is 0 Å². The molecule has 1 saturated carbocycles. The van der Waals surface area contributed by atoms with Crippen LogP contribution < -0.4 is 11.1 Å². The van der Waals surface area contributed by atoms with Gasteiger partial charge >= 0.3 is 0 Å². The number of ether oxygens (including phenoxy) is 1. The van der Waals surface area contributed by atoms with Crippen LogP contribution in [-0.4, -0.2) is 32.2 Å². The molecule has 112 valence electrons. The largest absolute Gasteiger partial charge is 0.385 e. The van der Waals surface area contributed by atoms with E-state index < -0.39 is 0 Å². The first kappa shape index (κ1) is 16.4. The standard InChI is InChI=1S/C15H30N2O2/c1-11-9-12(2)14(16)10-13(11)15(18)17-7-5-4-6-8-19-3/h11-14H,4-10,16H2,1-3H3,(H,17,18). The molecule has 19 heavy (non-hydrogen) atoms. The highest BCUT2D eigenvalue weighted by molar-refractivity contribution is 5.79. The summed E-state index contributed by atoms with van der Waals surface area (Å²) < 4.78 is 5.00. The molecule has 0 aliphatic heterocycles. The summed E-state index contributed by atoms with van der Waals surface area (Å²) in [5.41, 5.74) is 6.08. The third-order valence-corrected chi connectivity index (χ3v) is 4.35. The van der Waals surface area contributed by atoms with Crippen molar-refractivity contribution in [1.82, 2.24) is 5.32 Å². The van der Waals surface area contributed by atoms with Crippen LogP contribution in [0.4, 0.5) is 0 Å². The zero-order chi connectivity index (χ0) is 14.3. The molecular weight excluding hydrogens is 240 g/mol. The molecule has 4 atom stereocenters. The van der Waals surface area contributed by atoms with Crippen LogP contribution in [0, 0.1) is 17.8 Å². The number of nitrogens with two attached hydrogens (primary N) is 1. The third kappa shape index (κ3) is 5.49. The Labute approximate surface area is 117 Å². The highest BCUT2D eigenvalue weighted by Gasteiger charge is 2.34. The van der Waals surface area contributed by atoms with E-state index in [0.717, 1.165) is 45.3 Å². The molecule has 0 aromatic heterocycles. The number of hydrogen-bond acceptors (Lipinski definition) is 3. The second-order valence-electron chi connectivity index (χ2n) is 6.04. The first-order valence-electron chi connectivity index (χ1n) is 7.58. The first-order chi connectivity index (χ1) is 9.06. The topological polar surface area (TPSA) is 64.3 Å². The summed E-state index contributed by atoms with van der Waals surface area (Å²) in [6.45, 7) is 5.94. The maximum absolute atomic E-state index is 12.2. The van der Waals surface area contributed by atoms with Crippen molar-refractivity contribution in [2.24, 2.45) is 23.5 Å². The molecule has 0 spiro atoms. The third-order valence-electron chi connectivity index (χ3n) is 4.35. The van der Waals surface area contributed by atoms with Crippen LogP contribution in [0.2, 0.25) is 0 Å². The molecule has 1 rings (SSSR count). The molecule has 0 bridgehead atoms.